The zero-order valence-electron chi connectivity index (χ0n) is 18.6. The van der Waals surface area contributed by atoms with E-state index in [-0.39, 0.29) is 17.7 Å². The molecule has 1 fully saturated rings. The Labute approximate surface area is 186 Å². The molecule has 166 valence electrons. The van der Waals surface area contributed by atoms with Gasteiger partial charge in [-0.3, -0.25) is 4.57 Å². The fraction of sp³-hybridized carbons (Fsp3) is 0.400. The van der Waals surface area contributed by atoms with Gasteiger partial charge in [-0.15, -0.1) is 0 Å². The van der Waals surface area contributed by atoms with Crippen LogP contribution in [0.2, 0.25) is 0 Å². The van der Waals surface area contributed by atoms with Crippen molar-refractivity contribution in [1.29, 1.82) is 0 Å². The number of methoxy groups -OCH3 is 1. The summed E-state index contributed by atoms with van der Waals surface area (Å²) >= 11 is 0. The van der Waals surface area contributed by atoms with Gasteiger partial charge in [0.25, 0.3) is 0 Å². The number of aromatic amines is 1. The zero-order chi connectivity index (χ0) is 22.2. The second-order valence-electron chi connectivity index (χ2n) is 8.61. The first-order chi connectivity index (χ1) is 15.6. The minimum Gasteiger partial charge on any atom is -0.465 e. The number of benzene rings is 2. The van der Waals surface area contributed by atoms with Crippen molar-refractivity contribution in [2.75, 3.05) is 7.11 Å². The largest absolute Gasteiger partial charge is 0.465 e. The molecule has 0 saturated heterocycles. The lowest BCUT2D eigenvalue weighted by atomic mass is 10.1. The normalized spacial score (nSPS) is 14.6. The van der Waals surface area contributed by atoms with E-state index >= 15 is 0 Å². The molecule has 1 aliphatic carbocycles. The number of rotatable bonds is 6. The van der Waals surface area contributed by atoms with Crippen molar-refractivity contribution in [3.63, 3.8) is 0 Å². The van der Waals surface area contributed by atoms with Crippen molar-refractivity contribution in [1.82, 2.24) is 19.1 Å². The summed E-state index contributed by atoms with van der Waals surface area (Å²) in [6.07, 6.45) is 6.56. The van der Waals surface area contributed by atoms with Crippen LogP contribution in [0.3, 0.4) is 0 Å². The lowest BCUT2D eigenvalue weighted by molar-refractivity contribution is 0.0601. The van der Waals surface area contributed by atoms with Crippen molar-refractivity contribution in [3.8, 4) is 11.4 Å². The van der Waals surface area contributed by atoms with Gasteiger partial charge < -0.3 is 14.3 Å². The molecule has 5 rings (SSSR count). The third-order valence-corrected chi connectivity index (χ3v) is 6.57. The van der Waals surface area contributed by atoms with Crippen LogP contribution >= 0.6 is 0 Å². The van der Waals surface area contributed by atoms with Crippen LogP contribution in [0, 0.1) is 0 Å². The van der Waals surface area contributed by atoms with Gasteiger partial charge in [0.2, 0.25) is 0 Å². The molecule has 0 aliphatic heterocycles. The smallest absolute Gasteiger partial charge is 0.337 e. The van der Waals surface area contributed by atoms with Crippen LogP contribution < -0.4 is 5.69 Å². The molecule has 0 spiro atoms. The molecular weight excluding hydrogens is 404 g/mol. The van der Waals surface area contributed by atoms with Gasteiger partial charge >= 0.3 is 11.7 Å². The number of aromatic nitrogens is 4. The summed E-state index contributed by atoms with van der Waals surface area (Å²) in [5, 5.41) is 0. The van der Waals surface area contributed by atoms with Crippen molar-refractivity contribution < 1.29 is 9.53 Å². The van der Waals surface area contributed by atoms with Gasteiger partial charge in [-0.05, 0) is 55.7 Å². The fourth-order valence-electron chi connectivity index (χ4n) is 4.93. The Bertz CT molecular complexity index is 1360. The van der Waals surface area contributed by atoms with Crippen LogP contribution in [0.4, 0.5) is 0 Å². The molecule has 0 unspecified atom stereocenters. The summed E-state index contributed by atoms with van der Waals surface area (Å²) in [5.41, 5.74) is 4.93. The van der Waals surface area contributed by atoms with Crippen molar-refractivity contribution >= 4 is 28.0 Å². The minimum atomic E-state index is -0.371. The monoisotopic (exact) mass is 432 g/mol. The number of carbonyl (C=O) groups is 1. The van der Waals surface area contributed by atoms with E-state index in [4.69, 9.17) is 9.72 Å². The third-order valence-electron chi connectivity index (χ3n) is 6.57. The highest BCUT2D eigenvalue weighted by Crippen LogP contribution is 2.32. The van der Waals surface area contributed by atoms with E-state index in [1.165, 1.54) is 20.0 Å². The number of H-pyrrole nitrogens is 1. The molecule has 7 heteroatoms. The van der Waals surface area contributed by atoms with Gasteiger partial charge in [0.05, 0.1) is 34.7 Å². The van der Waals surface area contributed by atoms with E-state index in [1.807, 2.05) is 28.8 Å². The van der Waals surface area contributed by atoms with E-state index in [9.17, 15) is 9.59 Å². The van der Waals surface area contributed by atoms with Crippen LogP contribution in [-0.2, 0) is 11.3 Å². The van der Waals surface area contributed by atoms with E-state index in [2.05, 4.69) is 16.5 Å². The maximum Gasteiger partial charge on any atom is 0.337 e. The first kappa shape index (κ1) is 20.5. The average molecular weight is 433 g/mol. The van der Waals surface area contributed by atoms with Crippen LogP contribution in [0.1, 0.15) is 61.8 Å². The number of nitrogens with one attached hydrogen (secondary N) is 1. The highest BCUT2D eigenvalue weighted by molar-refractivity contribution is 5.94. The Kier molecular flexibility index (Phi) is 5.33. The Balaban J connectivity index is 1.63. The van der Waals surface area contributed by atoms with Crippen molar-refractivity contribution in [2.24, 2.45) is 0 Å². The minimum absolute atomic E-state index is 0.0359. The van der Waals surface area contributed by atoms with Gasteiger partial charge in [0.15, 0.2) is 0 Å². The number of fused-ring (bicyclic) bond motifs is 2. The standard InChI is InChI=1S/C25H28N4O3/c1-3-4-13-28-21-11-10-17(24(30)32-2)15-19(21)26-23(28)16-9-12-22-20(14-16)27-25(31)29(22)18-7-5-6-8-18/h9-12,14-15,18H,3-8,13H2,1-2H3,(H,27,31). The van der Waals surface area contributed by atoms with Gasteiger partial charge in [-0.2, -0.15) is 0 Å². The number of hydrogen-bond donors (Lipinski definition) is 1. The summed E-state index contributed by atoms with van der Waals surface area (Å²) in [5.74, 6) is 0.468. The van der Waals surface area contributed by atoms with E-state index in [1.54, 1.807) is 12.1 Å². The first-order valence-corrected chi connectivity index (χ1v) is 11.4. The Morgan fingerprint density at radius 1 is 1.16 bits per heavy atom. The molecule has 2 aromatic heterocycles. The van der Waals surface area contributed by atoms with Crippen LogP contribution in [0.5, 0.6) is 0 Å². The molecule has 1 saturated carbocycles. The Morgan fingerprint density at radius 3 is 2.69 bits per heavy atom. The molecular formula is C25H28N4O3. The number of imidazole rings is 2. The lowest BCUT2D eigenvalue weighted by Crippen LogP contribution is -2.20. The quantitative estimate of drug-likeness (QED) is 0.432. The van der Waals surface area contributed by atoms with Crippen molar-refractivity contribution in [3.05, 3.63) is 52.4 Å². The highest BCUT2D eigenvalue weighted by atomic mass is 16.5. The number of unbranched alkanes of at least 4 members (excludes halogenated alkanes) is 1. The summed E-state index contributed by atoms with van der Waals surface area (Å²) in [6, 6.07) is 11.9. The highest BCUT2D eigenvalue weighted by Gasteiger charge is 2.22. The Morgan fingerprint density at radius 2 is 1.94 bits per heavy atom. The number of nitrogens with zero attached hydrogens (tertiary/aromatic N) is 3. The predicted octanol–water partition coefficient (Wildman–Crippen LogP) is 5.05. The molecule has 0 amide bonds. The molecule has 0 atom stereocenters. The van der Waals surface area contributed by atoms with Gasteiger partial charge in [-0.1, -0.05) is 26.2 Å². The van der Waals surface area contributed by atoms with Crippen LogP contribution in [0.25, 0.3) is 33.5 Å². The van der Waals surface area contributed by atoms with E-state index < -0.39 is 0 Å². The molecule has 7 nitrogen and oxygen atoms in total. The molecule has 0 radical (unpaired) electrons. The second kappa shape index (κ2) is 8.30. The maximum absolute atomic E-state index is 12.7. The third kappa shape index (κ3) is 3.42. The van der Waals surface area contributed by atoms with Crippen molar-refractivity contribution in [2.45, 2.75) is 58.0 Å². The second-order valence-corrected chi connectivity index (χ2v) is 8.61. The molecule has 4 aromatic rings. The average Bonchev–Trinajstić information content (AvgIpc) is 3.52. The summed E-state index contributed by atoms with van der Waals surface area (Å²) in [6.45, 7) is 2.99. The lowest BCUT2D eigenvalue weighted by Gasteiger charge is -2.12. The van der Waals surface area contributed by atoms with Gasteiger partial charge in [0.1, 0.15) is 5.82 Å². The number of hydrogen-bond acceptors (Lipinski definition) is 4. The van der Waals surface area contributed by atoms with Crippen LogP contribution in [0.15, 0.2) is 41.2 Å². The summed E-state index contributed by atoms with van der Waals surface area (Å²) in [7, 11) is 1.38. The molecule has 2 heterocycles. The predicted molar refractivity (Wildman–Crippen MR) is 125 cm³/mol. The molecule has 0 bridgehead atoms. The molecule has 2 aromatic carbocycles. The molecule has 32 heavy (non-hydrogen) atoms. The first-order valence-electron chi connectivity index (χ1n) is 11.4. The summed E-state index contributed by atoms with van der Waals surface area (Å²) in [4.78, 5) is 32.6. The Hall–Kier alpha value is -3.35. The number of aryl methyl sites for hydroxylation is 1. The SMILES string of the molecule is CCCCn1c(-c2ccc3c(c2)[nH]c(=O)n3C2CCCC2)nc2cc(C(=O)OC)ccc21. The van der Waals surface area contributed by atoms with Crippen LogP contribution in [-0.4, -0.2) is 32.2 Å². The summed E-state index contributed by atoms with van der Waals surface area (Å²) < 4.78 is 8.99. The number of esters is 1. The number of carbonyl (C=O) groups excluding carboxylic acids is 1. The maximum atomic E-state index is 12.7. The van der Waals surface area contributed by atoms with E-state index in [0.717, 1.165) is 65.7 Å². The molecule has 1 aliphatic rings. The number of ether oxygens (including phenoxy) is 1. The van der Waals surface area contributed by atoms with Gasteiger partial charge in [-0.25, -0.2) is 14.6 Å². The molecule has 1 N–H and O–H groups in total. The topological polar surface area (TPSA) is 81.9 Å². The zero-order valence-corrected chi connectivity index (χ0v) is 18.6. The van der Waals surface area contributed by atoms with E-state index in [0.29, 0.717) is 5.56 Å². The van der Waals surface area contributed by atoms with Gasteiger partial charge in [0, 0.05) is 18.2 Å². The fourth-order valence-corrected chi connectivity index (χ4v) is 4.93.